The Hall–Kier alpha value is -3.06. The molecule has 2 atom stereocenters. The third-order valence-electron chi connectivity index (χ3n) is 6.19. The lowest BCUT2D eigenvalue weighted by molar-refractivity contribution is 0.0786. The number of hydrogen-bond acceptors (Lipinski definition) is 6. The van der Waals surface area contributed by atoms with Crippen LogP contribution >= 0.6 is 0 Å². The number of carbonyl (C=O) groups excluding carboxylic acids is 1. The summed E-state index contributed by atoms with van der Waals surface area (Å²) in [5.41, 5.74) is 2.54. The number of carbonyl (C=O) groups is 1. The van der Waals surface area contributed by atoms with Crippen molar-refractivity contribution in [1.82, 2.24) is 19.9 Å². The smallest absolute Gasteiger partial charge is 0.274 e. The van der Waals surface area contributed by atoms with Gasteiger partial charge in [0.15, 0.2) is 0 Å². The highest BCUT2D eigenvalue weighted by atomic mass is 16.3. The summed E-state index contributed by atoms with van der Waals surface area (Å²) in [5.74, 6) is 0.679. The van der Waals surface area contributed by atoms with E-state index in [1.54, 1.807) is 6.20 Å². The van der Waals surface area contributed by atoms with Crippen LogP contribution in [0, 0.1) is 5.92 Å². The van der Waals surface area contributed by atoms with Gasteiger partial charge in [0, 0.05) is 43.7 Å². The number of nitrogens with zero attached hydrogens (tertiary/aromatic N) is 5. The Kier molecular flexibility index (Phi) is 5.04. The number of amides is 1. The van der Waals surface area contributed by atoms with Crippen LogP contribution in [0.25, 0.3) is 10.9 Å². The van der Waals surface area contributed by atoms with Crippen molar-refractivity contribution in [3.63, 3.8) is 0 Å². The number of aromatic nitrogens is 3. The predicted octanol–water partition coefficient (Wildman–Crippen LogP) is 2.30. The maximum Gasteiger partial charge on any atom is 0.274 e. The van der Waals surface area contributed by atoms with Gasteiger partial charge in [-0.15, -0.1) is 0 Å². The molecule has 0 radical (unpaired) electrons. The van der Waals surface area contributed by atoms with Crippen LogP contribution in [-0.4, -0.2) is 63.1 Å². The molecule has 2 saturated heterocycles. The van der Waals surface area contributed by atoms with E-state index in [2.05, 4.69) is 21.0 Å². The summed E-state index contributed by atoms with van der Waals surface area (Å²) in [6.07, 6.45) is 7.44. The van der Waals surface area contributed by atoms with Crippen LogP contribution in [-0.2, 0) is 6.42 Å². The molecule has 154 valence electrons. The summed E-state index contributed by atoms with van der Waals surface area (Å²) in [7, 11) is 0. The fraction of sp³-hybridized carbons (Fsp3) is 0.391. The average molecular weight is 403 g/mol. The number of β-amino-alcohol motifs (C(OH)–C–C–N with tert-alkyl or cyclic N) is 1. The molecule has 7 heteroatoms. The van der Waals surface area contributed by atoms with E-state index in [9.17, 15) is 9.90 Å². The fourth-order valence-electron chi connectivity index (χ4n) is 4.55. The normalized spacial score (nSPS) is 21.5. The molecule has 0 spiro atoms. The van der Waals surface area contributed by atoms with E-state index in [-0.39, 0.29) is 11.8 Å². The molecular formula is C23H25N5O2. The van der Waals surface area contributed by atoms with Gasteiger partial charge < -0.3 is 14.9 Å². The van der Waals surface area contributed by atoms with Crippen LogP contribution in [0.5, 0.6) is 0 Å². The maximum atomic E-state index is 12.7. The molecule has 2 aliphatic rings. The van der Waals surface area contributed by atoms with E-state index in [0.717, 1.165) is 43.3 Å². The van der Waals surface area contributed by atoms with Gasteiger partial charge >= 0.3 is 0 Å². The van der Waals surface area contributed by atoms with Gasteiger partial charge in [-0.1, -0.05) is 18.2 Å². The lowest BCUT2D eigenvalue weighted by Crippen LogP contribution is -2.29. The molecule has 1 N–H and O–H groups in total. The van der Waals surface area contributed by atoms with Gasteiger partial charge in [0.05, 0.1) is 24.0 Å². The molecule has 4 heterocycles. The van der Waals surface area contributed by atoms with Crippen LogP contribution in [0.3, 0.4) is 0 Å². The third kappa shape index (κ3) is 3.61. The van der Waals surface area contributed by atoms with E-state index >= 15 is 0 Å². The van der Waals surface area contributed by atoms with E-state index in [1.807, 2.05) is 40.3 Å². The van der Waals surface area contributed by atoms with Gasteiger partial charge in [0.2, 0.25) is 0 Å². The third-order valence-corrected chi connectivity index (χ3v) is 6.19. The molecule has 0 unspecified atom stereocenters. The highest BCUT2D eigenvalue weighted by Gasteiger charge is 2.33. The molecule has 0 saturated carbocycles. The van der Waals surface area contributed by atoms with Gasteiger partial charge in [0.25, 0.3) is 5.91 Å². The Morgan fingerprint density at radius 1 is 1.10 bits per heavy atom. The van der Waals surface area contributed by atoms with Crippen molar-refractivity contribution in [1.29, 1.82) is 0 Å². The number of para-hydroxylation sites is 1. The Labute approximate surface area is 175 Å². The van der Waals surface area contributed by atoms with E-state index in [1.165, 1.54) is 11.8 Å². The minimum absolute atomic E-state index is 0.0543. The predicted molar refractivity (Wildman–Crippen MR) is 114 cm³/mol. The summed E-state index contributed by atoms with van der Waals surface area (Å²) < 4.78 is 0. The standard InChI is InChI=1S/C23H25N5O2/c29-21-15-28(22-13-24-12-20(26-22)23(30)27-9-3-4-10-27)14-17(21)11-16-7-8-25-19-6-2-1-5-18(16)19/h1-2,5-8,12-13,17,21,29H,3-4,9-11,14-15H2/t17-,21-/m1/s1. The van der Waals surface area contributed by atoms with Crippen molar-refractivity contribution in [2.45, 2.75) is 25.4 Å². The fourth-order valence-corrected chi connectivity index (χ4v) is 4.55. The Balaban J connectivity index is 1.33. The van der Waals surface area contributed by atoms with Crippen LogP contribution in [0.4, 0.5) is 5.82 Å². The van der Waals surface area contributed by atoms with Crippen LogP contribution < -0.4 is 4.90 Å². The van der Waals surface area contributed by atoms with Gasteiger partial charge in [-0.3, -0.25) is 14.8 Å². The Morgan fingerprint density at radius 2 is 1.93 bits per heavy atom. The van der Waals surface area contributed by atoms with Crippen molar-refractivity contribution in [2.24, 2.45) is 5.92 Å². The SMILES string of the molecule is O=C(c1cncc(N2C[C@@H](Cc3ccnc4ccccc34)[C@H](O)C2)n1)N1CCCC1. The highest BCUT2D eigenvalue weighted by Crippen LogP contribution is 2.28. The lowest BCUT2D eigenvalue weighted by atomic mass is 9.94. The molecule has 7 nitrogen and oxygen atoms in total. The number of anilines is 1. The zero-order chi connectivity index (χ0) is 20.5. The van der Waals surface area contributed by atoms with Gasteiger partial charge in [-0.2, -0.15) is 0 Å². The second-order valence-corrected chi connectivity index (χ2v) is 8.19. The van der Waals surface area contributed by atoms with Crippen molar-refractivity contribution in [3.8, 4) is 0 Å². The number of benzene rings is 1. The first-order valence-corrected chi connectivity index (χ1v) is 10.6. The molecule has 2 aromatic heterocycles. The van der Waals surface area contributed by atoms with Gasteiger partial charge in [0.1, 0.15) is 11.5 Å². The molecular weight excluding hydrogens is 378 g/mol. The minimum atomic E-state index is -0.461. The Bertz CT molecular complexity index is 1060. The van der Waals surface area contributed by atoms with Gasteiger partial charge in [-0.05, 0) is 37.0 Å². The molecule has 0 aliphatic carbocycles. The second-order valence-electron chi connectivity index (χ2n) is 8.19. The number of hydrogen-bond donors (Lipinski definition) is 1. The van der Waals surface area contributed by atoms with Crippen molar-refractivity contribution in [3.05, 3.63) is 60.2 Å². The van der Waals surface area contributed by atoms with E-state index in [0.29, 0.717) is 24.6 Å². The van der Waals surface area contributed by atoms with E-state index < -0.39 is 6.10 Å². The summed E-state index contributed by atoms with van der Waals surface area (Å²) in [5, 5.41) is 11.9. The van der Waals surface area contributed by atoms with Crippen LogP contribution in [0.15, 0.2) is 48.9 Å². The molecule has 5 rings (SSSR count). The monoisotopic (exact) mass is 403 g/mol. The number of aliphatic hydroxyl groups is 1. The summed E-state index contributed by atoms with van der Waals surface area (Å²) in [4.78, 5) is 29.8. The quantitative estimate of drug-likeness (QED) is 0.720. The molecule has 30 heavy (non-hydrogen) atoms. The molecule has 3 aromatic rings. The van der Waals surface area contributed by atoms with E-state index in [4.69, 9.17) is 0 Å². The van der Waals surface area contributed by atoms with Crippen LogP contribution in [0.2, 0.25) is 0 Å². The molecule has 0 bridgehead atoms. The van der Waals surface area contributed by atoms with Crippen molar-refractivity contribution in [2.75, 3.05) is 31.1 Å². The molecule has 1 aromatic carbocycles. The summed E-state index contributed by atoms with van der Waals surface area (Å²) in [6.45, 7) is 2.74. The minimum Gasteiger partial charge on any atom is -0.391 e. The first kappa shape index (κ1) is 18.9. The Morgan fingerprint density at radius 3 is 2.80 bits per heavy atom. The summed E-state index contributed by atoms with van der Waals surface area (Å²) in [6, 6.07) is 10.1. The highest BCUT2D eigenvalue weighted by molar-refractivity contribution is 5.92. The number of aliphatic hydroxyl groups excluding tert-OH is 1. The number of likely N-dealkylation sites (tertiary alicyclic amines) is 1. The zero-order valence-corrected chi connectivity index (χ0v) is 16.8. The lowest BCUT2D eigenvalue weighted by Gasteiger charge is -2.19. The van der Waals surface area contributed by atoms with Crippen LogP contribution in [0.1, 0.15) is 28.9 Å². The topological polar surface area (TPSA) is 82.5 Å². The molecule has 2 aliphatic heterocycles. The zero-order valence-electron chi connectivity index (χ0n) is 16.8. The number of pyridine rings is 1. The molecule has 2 fully saturated rings. The summed E-state index contributed by atoms with van der Waals surface area (Å²) >= 11 is 0. The molecule has 1 amide bonds. The van der Waals surface area contributed by atoms with Crippen molar-refractivity contribution >= 4 is 22.6 Å². The first-order chi connectivity index (χ1) is 14.7. The van der Waals surface area contributed by atoms with Crippen molar-refractivity contribution < 1.29 is 9.90 Å². The average Bonchev–Trinajstić information content (AvgIpc) is 3.44. The largest absolute Gasteiger partial charge is 0.391 e. The maximum absolute atomic E-state index is 12.7. The second kappa shape index (κ2) is 7.99. The first-order valence-electron chi connectivity index (χ1n) is 10.6. The van der Waals surface area contributed by atoms with Gasteiger partial charge in [-0.25, -0.2) is 4.98 Å². The number of rotatable bonds is 4. The number of fused-ring (bicyclic) bond motifs is 1.